The zero-order valence-corrected chi connectivity index (χ0v) is 14.4. The second-order valence-corrected chi connectivity index (χ2v) is 8.28. The summed E-state index contributed by atoms with van der Waals surface area (Å²) in [5.74, 6) is 1.73. The van der Waals surface area contributed by atoms with E-state index in [2.05, 4.69) is 21.7 Å². The SMILES string of the molecule is c1coc(-c2nc(CN3CCc4sccc4[C@H]3C3CC3)cs2)c1. The molecule has 0 amide bonds. The minimum atomic E-state index is 0.610. The highest BCUT2D eigenvalue weighted by molar-refractivity contribution is 7.13. The largest absolute Gasteiger partial charge is 0.462 e. The van der Waals surface area contributed by atoms with Gasteiger partial charge in [0.15, 0.2) is 10.8 Å². The van der Waals surface area contributed by atoms with E-state index >= 15 is 0 Å². The van der Waals surface area contributed by atoms with E-state index in [0.717, 1.165) is 29.8 Å². The summed E-state index contributed by atoms with van der Waals surface area (Å²) in [4.78, 5) is 9.04. The first-order chi connectivity index (χ1) is 11.4. The summed E-state index contributed by atoms with van der Waals surface area (Å²) in [7, 11) is 0. The fourth-order valence-electron chi connectivity index (χ4n) is 3.64. The number of thiophene rings is 1. The second-order valence-electron chi connectivity index (χ2n) is 6.42. The Kier molecular flexibility index (Phi) is 3.39. The summed E-state index contributed by atoms with van der Waals surface area (Å²) in [5.41, 5.74) is 2.76. The van der Waals surface area contributed by atoms with Gasteiger partial charge >= 0.3 is 0 Å². The van der Waals surface area contributed by atoms with Crippen molar-refractivity contribution in [3.05, 3.63) is 51.4 Å². The molecular formula is C18H18N2OS2. The van der Waals surface area contributed by atoms with Gasteiger partial charge in [-0.2, -0.15) is 0 Å². The Balaban J connectivity index is 1.40. The van der Waals surface area contributed by atoms with E-state index in [1.165, 1.54) is 25.0 Å². The predicted octanol–water partition coefficient (Wildman–Crippen LogP) is 4.97. The van der Waals surface area contributed by atoms with Crippen molar-refractivity contribution in [3.63, 3.8) is 0 Å². The lowest BCUT2D eigenvalue weighted by Crippen LogP contribution is -2.35. The minimum absolute atomic E-state index is 0.610. The monoisotopic (exact) mass is 342 g/mol. The maximum Gasteiger partial charge on any atom is 0.162 e. The predicted molar refractivity (Wildman–Crippen MR) is 93.7 cm³/mol. The van der Waals surface area contributed by atoms with Crippen molar-refractivity contribution in [1.29, 1.82) is 0 Å². The first-order valence-corrected chi connectivity index (χ1v) is 9.93. The van der Waals surface area contributed by atoms with Gasteiger partial charge < -0.3 is 4.42 Å². The van der Waals surface area contributed by atoms with Crippen molar-refractivity contribution < 1.29 is 4.42 Å². The summed E-state index contributed by atoms with van der Waals surface area (Å²) in [5, 5.41) is 5.44. The van der Waals surface area contributed by atoms with Crippen LogP contribution in [0.3, 0.4) is 0 Å². The molecule has 118 valence electrons. The van der Waals surface area contributed by atoms with Crippen LogP contribution in [0.1, 0.15) is 35.0 Å². The number of fused-ring (bicyclic) bond motifs is 1. The number of thiazole rings is 1. The Morgan fingerprint density at radius 1 is 1.26 bits per heavy atom. The number of hydrogen-bond donors (Lipinski definition) is 0. The molecule has 23 heavy (non-hydrogen) atoms. The van der Waals surface area contributed by atoms with Gasteiger partial charge in [-0.3, -0.25) is 4.90 Å². The van der Waals surface area contributed by atoms with Crippen LogP contribution in [0, 0.1) is 5.92 Å². The lowest BCUT2D eigenvalue weighted by Gasteiger charge is -2.35. The molecule has 1 saturated carbocycles. The number of aromatic nitrogens is 1. The third-order valence-corrected chi connectivity index (χ3v) is 6.74. The highest BCUT2D eigenvalue weighted by atomic mass is 32.1. The molecule has 1 aliphatic heterocycles. The molecule has 1 aliphatic carbocycles. The zero-order valence-electron chi connectivity index (χ0n) is 12.8. The van der Waals surface area contributed by atoms with Crippen LogP contribution in [-0.4, -0.2) is 16.4 Å². The molecule has 0 aromatic carbocycles. The van der Waals surface area contributed by atoms with E-state index in [9.17, 15) is 0 Å². The molecule has 3 nitrogen and oxygen atoms in total. The molecule has 0 saturated heterocycles. The molecule has 0 unspecified atom stereocenters. The van der Waals surface area contributed by atoms with E-state index in [1.807, 2.05) is 23.5 Å². The summed E-state index contributed by atoms with van der Waals surface area (Å²) in [6, 6.07) is 6.86. The molecule has 0 N–H and O–H groups in total. The normalized spacial score (nSPS) is 21.5. The van der Waals surface area contributed by atoms with Crippen molar-refractivity contribution in [3.8, 4) is 10.8 Å². The van der Waals surface area contributed by atoms with Gasteiger partial charge in [0.2, 0.25) is 0 Å². The van der Waals surface area contributed by atoms with E-state index in [4.69, 9.17) is 9.40 Å². The van der Waals surface area contributed by atoms with Crippen LogP contribution in [0.2, 0.25) is 0 Å². The van der Waals surface area contributed by atoms with Gasteiger partial charge in [-0.1, -0.05) is 0 Å². The molecular weight excluding hydrogens is 324 g/mol. The Labute approximate surface area is 143 Å². The number of hydrogen-bond acceptors (Lipinski definition) is 5. The maximum absolute atomic E-state index is 5.46. The molecule has 3 aromatic heterocycles. The van der Waals surface area contributed by atoms with Gasteiger partial charge in [0.1, 0.15) is 0 Å². The Hall–Kier alpha value is -1.43. The van der Waals surface area contributed by atoms with Crippen LogP contribution in [0.4, 0.5) is 0 Å². The Morgan fingerprint density at radius 3 is 3.04 bits per heavy atom. The molecule has 0 radical (unpaired) electrons. The summed E-state index contributed by atoms with van der Waals surface area (Å²) >= 11 is 3.61. The van der Waals surface area contributed by atoms with Crippen molar-refractivity contribution >= 4 is 22.7 Å². The number of nitrogens with zero attached hydrogens (tertiary/aromatic N) is 2. The van der Waals surface area contributed by atoms with Gasteiger partial charge in [-0.25, -0.2) is 4.98 Å². The minimum Gasteiger partial charge on any atom is -0.462 e. The molecule has 1 atom stereocenters. The molecule has 0 bridgehead atoms. The van der Waals surface area contributed by atoms with Crippen molar-refractivity contribution in [2.45, 2.75) is 31.8 Å². The standard InChI is InChI=1S/C18H18N2OS2/c1-2-15(21-8-1)18-19-13(11-23-18)10-20-7-5-16-14(6-9-22-16)17(20)12-3-4-12/h1-2,6,8-9,11-12,17H,3-5,7,10H2/t17-/m1/s1. The average molecular weight is 342 g/mol. The van der Waals surface area contributed by atoms with E-state index in [1.54, 1.807) is 28.0 Å². The third-order valence-electron chi connectivity index (χ3n) is 4.84. The van der Waals surface area contributed by atoms with Crippen LogP contribution in [0.25, 0.3) is 10.8 Å². The molecule has 5 rings (SSSR count). The van der Waals surface area contributed by atoms with Crippen LogP contribution in [0.15, 0.2) is 39.6 Å². The van der Waals surface area contributed by atoms with Crippen molar-refractivity contribution in [1.82, 2.24) is 9.88 Å². The quantitative estimate of drug-likeness (QED) is 0.670. The van der Waals surface area contributed by atoms with Crippen LogP contribution in [-0.2, 0) is 13.0 Å². The van der Waals surface area contributed by atoms with Gasteiger partial charge in [-0.05, 0) is 54.3 Å². The van der Waals surface area contributed by atoms with Crippen LogP contribution >= 0.6 is 22.7 Å². The zero-order chi connectivity index (χ0) is 15.2. The summed E-state index contributed by atoms with van der Waals surface area (Å²) < 4.78 is 5.46. The van der Waals surface area contributed by atoms with Crippen LogP contribution in [0.5, 0.6) is 0 Å². The molecule has 2 aliphatic rings. The smallest absolute Gasteiger partial charge is 0.162 e. The molecule has 0 spiro atoms. The first kappa shape index (κ1) is 14.0. The lowest BCUT2D eigenvalue weighted by atomic mass is 9.96. The van der Waals surface area contributed by atoms with Gasteiger partial charge in [0.05, 0.1) is 12.0 Å². The molecule has 4 heterocycles. The average Bonchev–Trinajstić information content (AvgIpc) is 3.01. The van der Waals surface area contributed by atoms with Crippen molar-refractivity contribution in [2.75, 3.05) is 6.54 Å². The van der Waals surface area contributed by atoms with Gasteiger partial charge in [0, 0.05) is 29.4 Å². The third kappa shape index (κ3) is 2.57. The van der Waals surface area contributed by atoms with E-state index in [-0.39, 0.29) is 0 Å². The second kappa shape index (κ2) is 5.58. The maximum atomic E-state index is 5.46. The summed E-state index contributed by atoms with van der Waals surface area (Å²) in [6.45, 7) is 2.11. The topological polar surface area (TPSA) is 29.3 Å². The fourth-order valence-corrected chi connectivity index (χ4v) is 5.33. The first-order valence-electron chi connectivity index (χ1n) is 8.17. The molecule has 3 aromatic rings. The molecule has 5 heteroatoms. The fraction of sp³-hybridized carbons (Fsp3) is 0.389. The van der Waals surface area contributed by atoms with Crippen LogP contribution < -0.4 is 0 Å². The number of rotatable bonds is 4. The van der Waals surface area contributed by atoms with Crippen molar-refractivity contribution in [2.24, 2.45) is 5.92 Å². The summed E-state index contributed by atoms with van der Waals surface area (Å²) in [6.07, 6.45) is 5.66. The van der Waals surface area contributed by atoms with E-state index < -0.39 is 0 Å². The molecule has 1 fully saturated rings. The number of furan rings is 1. The van der Waals surface area contributed by atoms with Gasteiger partial charge in [-0.15, -0.1) is 22.7 Å². The van der Waals surface area contributed by atoms with Gasteiger partial charge in [0.25, 0.3) is 0 Å². The Bertz CT molecular complexity index is 801. The highest BCUT2D eigenvalue weighted by Gasteiger charge is 2.39. The Morgan fingerprint density at radius 2 is 2.22 bits per heavy atom. The van der Waals surface area contributed by atoms with E-state index in [0.29, 0.717) is 6.04 Å². The lowest BCUT2D eigenvalue weighted by molar-refractivity contribution is 0.156. The highest BCUT2D eigenvalue weighted by Crippen LogP contribution is 2.48.